The number of hydrogen-bond acceptors (Lipinski definition) is 5. The Labute approximate surface area is 229 Å². The highest BCUT2D eigenvalue weighted by Gasteiger charge is 2.51. The Kier molecular flexibility index (Phi) is 7.91. The molecule has 2 bridgehead atoms. The van der Waals surface area contributed by atoms with Crippen LogP contribution in [0.2, 0.25) is 0 Å². The van der Waals surface area contributed by atoms with Crippen molar-refractivity contribution >= 4 is 23.5 Å². The van der Waals surface area contributed by atoms with E-state index >= 15 is 0 Å². The predicted molar refractivity (Wildman–Crippen MR) is 138 cm³/mol. The molecule has 5 rings (SSSR count). The molecular formula is C29H31F3N2O6. The van der Waals surface area contributed by atoms with Gasteiger partial charge in [-0.3, -0.25) is 14.4 Å². The number of methoxy groups -OCH3 is 1. The van der Waals surface area contributed by atoms with E-state index in [1.165, 1.54) is 19.2 Å². The number of nitrogens with one attached hydrogen (secondary N) is 2. The van der Waals surface area contributed by atoms with Crippen LogP contribution >= 0.6 is 0 Å². The van der Waals surface area contributed by atoms with Gasteiger partial charge in [0.05, 0.1) is 30.6 Å². The topological polar surface area (TPSA) is 114 Å². The van der Waals surface area contributed by atoms with Gasteiger partial charge in [0.1, 0.15) is 23.1 Å². The number of halogens is 3. The van der Waals surface area contributed by atoms with Crippen molar-refractivity contribution in [3.8, 4) is 11.5 Å². The first kappa shape index (κ1) is 27.8. The van der Waals surface area contributed by atoms with Crippen LogP contribution in [0, 0.1) is 41.1 Å². The molecule has 11 heteroatoms. The summed E-state index contributed by atoms with van der Waals surface area (Å²) in [5, 5.41) is 14.5. The van der Waals surface area contributed by atoms with Crippen LogP contribution in [0.5, 0.6) is 11.5 Å². The second kappa shape index (κ2) is 11.4. The number of hydrogen-bond donors (Lipinski definition) is 3. The van der Waals surface area contributed by atoms with Crippen LogP contribution in [0.1, 0.15) is 55.3 Å². The smallest absolute Gasteiger partial charge is 0.306 e. The zero-order valence-corrected chi connectivity index (χ0v) is 21.9. The van der Waals surface area contributed by atoms with Gasteiger partial charge in [0.2, 0.25) is 5.91 Å². The highest BCUT2D eigenvalue weighted by Crippen LogP contribution is 2.49. The number of fused-ring (bicyclic) bond motifs is 2. The first-order chi connectivity index (χ1) is 19.2. The van der Waals surface area contributed by atoms with Crippen LogP contribution in [-0.2, 0) is 9.59 Å². The first-order valence-corrected chi connectivity index (χ1v) is 13.5. The summed E-state index contributed by atoms with van der Waals surface area (Å²) in [5.41, 5.74) is -0.514. The second-order valence-electron chi connectivity index (χ2n) is 10.9. The van der Waals surface area contributed by atoms with E-state index in [0.717, 1.165) is 31.0 Å². The number of para-hydroxylation sites is 1. The molecule has 40 heavy (non-hydrogen) atoms. The van der Waals surface area contributed by atoms with Crippen LogP contribution in [-0.4, -0.2) is 42.1 Å². The molecular weight excluding hydrogens is 529 g/mol. The number of carboxylic acid groups (broad SMARTS) is 1. The van der Waals surface area contributed by atoms with Crippen LogP contribution in [0.15, 0.2) is 30.3 Å². The Bertz CT molecular complexity index is 1290. The lowest BCUT2D eigenvalue weighted by molar-refractivity contribution is -0.143. The number of amides is 2. The molecule has 8 nitrogen and oxygen atoms in total. The van der Waals surface area contributed by atoms with Crippen molar-refractivity contribution < 1.29 is 42.1 Å². The quantitative estimate of drug-likeness (QED) is 0.423. The maximum Gasteiger partial charge on any atom is 0.306 e. The van der Waals surface area contributed by atoms with E-state index in [4.69, 9.17) is 9.47 Å². The van der Waals surface area contributed by atoms with E-state index in [9.17, 15) is 32.7 Å². The molecule has 4 atom stereocenters. The van der Waals surface area contributed by atoms with Gasteiger partial charge in [0.15, 0.2) is 11.6 Å². The molecule has 0 aromatic heterocycles. The zero-order chi connectivity index (χ0) is 28.6. The molecule has 0 spiro atoms. The molecule has 3 N–H and O–H groups in total. The first-order valence-electron chi connectivity index (χ1n) is 13.5. The van der Waals surface area contributed by atoms with E-state index in [-0.39, 0.29) is 28.9 Å². The Morgan fingerprint density at radius 1 is 0.900 bits per heavy atom. The summed E-state index contributed by atoms with van der Waals surface area (Å²) in [4.78, 5) is 37.9. The zero-order valence-electron chi connectivity index (χ0n) is 21.9. The Morgan fingerprint density at radius 2 is 1.57 bits per heavy atom. The van der Waals surface area contributed by atoms with Crippen molar-refractivity contribution in [1.29, 1.82) is 0 Å². The van der Waals surface area contributed by atoms with Crippen LogP contribution in [0.3, 0.4) is 0 Å². The Balaban J connectivity index is 1.33. The van der Waals surface area contributed by atoms with Crippen LogP contribution in [0.25, 0.3) is 0 Å². The summed E-state index contributed by atoms with van der Waals surface area (Å²) in [7, 11) is 1.30. The molecule has 3 aliphatic rings. The molecule has 0 saturated heterocycles. The third-order valence-electron chi connectivity index (χ3n) is 8.54. The molecule has 0 heterocycles. The minimum Gasteiger partial charge on any atom is -0.496 e. The van der Waals surface area contributed by atoms with Gasteiger partial charge in [0.25, 0.3) is 5.91 Å². The molecule has 0 radical (unpaired) electrons. The average Bonchev–Trinajstić information content (AvgIpc) is 3.54. The second-order valence-corrected chi connectivity index (χ2v) is 10.9. The third kappa shape index (κ3) is 5.46. The van der Waals surface area contributed by atoms with E-state index in [2.05, 4.69) is 10.6 Å². The van der Waals surface area contributed by atoms with E-state index in [1.54, 1.807) is 0 Å². The molecule has 2 aromatic rings. The number of carbonyl (C=O) groups excluding carboxylic acids is 2. The van der Waals surface area contributed by atoms with E-state index in [1.807, 2.05) is 0 Å². The largest absolute Gasteiger partial charge is 0.496 e. The molecule has 3 saturated carbocycles. The minimum atomic E-state index is -0.892. The Hall–Kier alpha value is -3.76. The fraction of sp³-hybridized carbons (Fsp3) is 0.483. The lowest BCUT2D eigenvalue weighted by Gasteiger charge is -2.31. The van der Waals surface area contributed by atoms with Crippen molar-refractivity contribution in [1.82, 2.24) is 5.32 Å². The molecule has 3 aliphatic carbocycles. The lowest BCUT2D eigenvalue weighted by Crippen LogP contribution is -2.48. The maximum atomic E-state index is 14.9. The maximum absolute atomic E-state index is 14.9. The van der Waals surface area contributed by atoms with Gasteiger partial charge in [-0.05, 0) is 75.0 Å². The van der Waals surface area contributed by atoms with Gasteiger partial charge in [-0.15, -0.1) is 0 Å². The number of ether oxygens (including phenoxy) is 2. The fourth-order valence-corrected chi connectivity index (χ4v) is 6.51. The molecule has 214 valence electrons. The highest BCUT2D eigenvalue weighted by atomic mass is 19.1. The number of anilines is 1. The van der Waals surface area contributed by atoms with Gasteiger partial charge in [-0.1, -0.05) is 6.07 Å². The van der Waals surface area contributed by atoms with Crippen molar-refractivity contribution in [3.05, 3.63) is 53.3 Å². The van der Waals surface area contributed by atoms with Crippen molar-refractivity contribution in [3.63, 3.8) is 0 Å². The van der Waals surface area contributed by atoms with Gasteiger partial charge >= 0.3 is 5.97 Å². The summed E-state index contributed by atoms with van der Waals surface area (Å²) in [5.74, 6) is -5.92. The summed E-state index contributed by atoms with van der Waals surface area (Å²) < 4.78 is 54.3. The van der Waals surface area contributed by atoms with Crippen LogP contribution < -0.4 is 20.1 Å². The van der Waals surface area contributed by atoms with Crippen molar-refractivity contribution in [2.45, 2.75) is 57.1 Å². The van der Waals surface area contributed by atoms with Gasteiger partial charge < -0.3 is 25.2 Å². The SMILES string of the molecule is COc1cc(F)c(O[C@H]2CC[C@@H](C(=O)O)CC2)cc1C(=O)N[C@@H]1[C@H]2CC[C@H](C2)[C@@H]1C(=O)Nc1c(F)cccc1F. The summed E-state index contributed by atoms with van der Waals surface area (Å²) in [6.07, 6.45) is 3.55. The molecule has 0 aliphatic heterocycles. The highest BCUT2D eigenvalue weighted by molar-refractivity contribution is 5.99. The number of benzene rings is 2. The van der Waals surface area contributed by atoms with E-state index in [0.29, 0.717) is 32.1 Å². The Morgan fingerprint density at radius 3 is 2.23 bits per heavy atom. The van der Waals surface area contributed by atoms with Crippen LogP contribution in [0.4, 0.5) is 18.9 Å². The van der Waals surface area contributed by atoms with Crippen molar-refractivity contribution in [2.75, 3.05) is 12.4 Å². The summed E-state index contributed by atoms with van der Waals surface area (Å²) in [6, 6.07) is 5.03. The number of carbonyl (C=O) groups is 3. The standard InChI is InChI=1S/C29H31F3N2O6/c1-39-22-13-21(32)23(40-17-9-7-14(8-10-17)29(37)38)12-18(22)27(35)33-25-16-6-5-15(11-16)24(25)28(36)34-26-19(30)3-2-4-20(26)31/h2-4,12-17,24-25H,5-11H2,1H3,(H,33,35)(H,34,36)(H,37,38)/t14-,15-,16+,17+,24+,25-/m1/s1. The van der Waals surface area contributed by atoms with Crippen molar-refractivity contribution in [2.24, 2.45) is 23.7 Å². The molecule has 2 aromatic carbocycles. The lowest BCUT2D eigenvalue weighted by atomic mass is 9.83. The number of aliphatic carboxylic acids is 1. The normalized spacial score (nSPS) is 27.2. The molecule has 0 unspecified atom stereocenters. The predicted octanol–water partition coefficient (Wildman–Crippen LogP) is 4.92. The minimum absolute atomic E-state index is 0.00162. The molecule has 3 fully saturated rings. The van der Waals surface area contributed by atoms with Gasteiger partial charge in [0, 0.05) is 12.1 Å². The number of carboxylic acids is 1. The summed E-state index contributed by atoms with van der Waals surface area (Å²) >= 11 is 0. The monoisotopic (exact) mass is 560 g/mol. The average molecular weight is 561 g/mol. The number of rotatable bonds is 8. The van der Waals surface area contributed by atoms with Gasteiger partial charge in [-0.2, -0.15) is 0 Å². The third-order valence-corrected chi connectivity index (χ3v) is 8.54. The molecule has 2 amide bonds. The van der Waals surface area contributed by atoms with Gasteiger partial charge in [-0.25, -0.2) is 13.2 Å². The van der Waals surface area contributed by atoms with E-state index < -0.39 is 64.9 Å². The summed E-state index contributed by atoms with van der Waals surface area (Å²) in [6.45, 7) is 0. The fourth-order valence-electron chi connectivity index (χ4n) is 6.51.